The number of carbonyl (C=O) groups excluding carboxylic acids is 2. The summed E-state index contributed by atoms with van der Waals surface area (Å²) in [4.78, 5) is 26.4. The Morgan fingerprint density at radius 2 is 1.43 bits per heavy atom. The quantitative estimate of drug-likeness (QED) is 0.330. The molecule has 0 saturated carbocycles. The van der Waals surface area contributed by atoms with E-state index in [0.29, 0.717) is 16.7 Å². The number of ketones is 1. The van der Waals surface area contributed by atoms with Crippen LogP contribution in [0.5, 0.6) is 0 Å². The fraction of sp³-hybridized carbons (Fsp3) is 0.133. The SMILES string of the molecule is C=C(c1ccc2ccccc2c1)c1ccccc1C(=O)N[C@@H](Cc1ccccc1)C(=O)CNS(C)(=O)=O. The van der Waals surface area contributed by atoms with Gasteiger partial charge in [0.25, 0.3) is 5.91 Å². The van der Waals surface area contributed by atoms with Crippen LogP contribution in [0.15, 0.2) is 104 Å². The van der Waals surface area contributed by atoms with Gasteiger partial charge in [-0.2, -0.15) is 0 Å². The molecule has 0 aromatic heterocycles. The lowest BCUT2D eigenvalue weighted by Crippen LogP contribution is -2.46. The van der Waals surface area contributed by atoms with Crippen molar-refractivity contribution >= 4 is 38.1 Å². The van der Waals surface area contributed by atoms with Crippen molar-refractivity contribution in [2.24, 2.45) is 0 Å². The van der Waals surface area contributed by atoms with Gasteiger partial charge in [0.1, 0.15) is 0 Å². The lowest BCUT2D eigenvalue weighted by molar-refractivity contribution is -0.119. The third kappa shape index (κ3) is 6.78. The molecule has 37 heavy (non-hydrogen) atoms. The molecule has 0 aliphatic carbocycles. The largest absolute Gasteiger partial charge is 0.342 e. The number of Topliss-reactive ketones (excluding diaryl/α,β-unsaturated/α-hetero) is 1. The summed E-state index contributed by atoms with van der Waals surface area (Å²) in [5.74, 6) is -0.875. The van der Waals surface area contributed by atoms with E-state index in [-0.39, 0.29) is 6.42 Å². The van der Waals surface area contributed by atoms with Crippen LogP contribution in [0.3, 0.4) is 0 Å². The molecule has 6 nitrogen and oxygen atoms in total. The van der Waals surface area contributed by atoms with Crippen LogP contribution in [0.2, 0.25) is 0 Å². The van der Waals surface area contributed by atoms with E-state index in [1.807, 2.05) is 84.9 Å². The fourth-order valence-corrected chi connectivity index (χ4v) is 4.54. The molecule has 188 valence electrons. The van der Waals surface area contributed by atoms with Crippen LogP contribution in [0.1, 0.15) is 27.0 Å². The van der Waals surface area contributed by atoms with E-state index in [2.05, 4.69) is 16.6 Å². The lowest BCUT2D eigenvalue weighted by atomic mass is 9.93. The highest BCUT2D eigenvalue weighted by Crippen LogP contribution is 2.27. The van der Waals surface area contributed by atoms with E-state index in [1.54, 1.807) is 12.1 Å². The van der Waals surface area contributed by atoms with Crippen LogP contribution in [0, 0.1) is 0 Å². The number of amides is 1. The van der Waals surface area contributed by atoms with Crippen molar-refractivity contribution in [1.29, 1.82) is 0 Å². The first-order chi connectivity index (χ1) is 17.7. The van der Waals surface area contributed by atoms with Gasteiger partial charge in [-0.3, -0.25) is 9.59 Å². The zero-order chi connectivity index (χ0) is 26.4. The Hall–Kier alpha value is -4.07. The summed E-state index contributed by atoms with van der Waals surface area (Å²) in [6.07, 6.45) is 1.21. The van der Waals surface area contributed by atoms with Crippen LogP contribution >= 0.6 is 0 Å². The topological polar surface area (TPSA) is 92.3 Å². The van der Waals surface area contributed by atoms with E-state index < -0.39 is 34.3 Å². The summed E-state index contributed by atoms with van der Waals surface area (Å²) in [6.45, 7) is 3.85. The maximum Gasteiger partial charge on any atom is 0.252 e. The first kappa shape index (κ1) is 26.0. The molecule has 0 aliphatic rings. The number of nitrogens with one attached hydrogen (secondary N) is 2. The predicted octanol–water partition coefficient (Wildman–Crippen LogP) is 4.36. The van der Waals surface area contributed by atoms with Crippen molar-refractivity contribution in [2.75, 3.05) is 12.8 Å². The summed E-state index contributed by atoms with van der Waals surface area (Å²) in [5, 5.41) is 5.00. The smallest absolute Gasteiger partial charge is 0.252 e. The average Bonchev–Trinajstić information content (AvgIpc) is 2.90. The van der Waals surface area contributed by atoms with Crippen LogP contribution < -0.4 is 10.0 Å². The van der Waals surface area contributed by atoms with Crippen molar-refractivity contribution in [3.63, 3.8) is 0 Å². The lowest BCUT2D eigenvalue weighted by Gasteiger charge is -2.20. The Balaban J connectivity index is 1.61. The number of benzene rings is 4. The Bertz CT molecular complexity index is 1560. The summed E-state index contributed by atoms with van der Waals surface area (Å²) in [5.41, 5.74) is 3.43. The van der Waals surface area contributed by atoms with Crippen LogP contribution in [0.4, 0.5) is 0 Å². The highest BCUT2D eigenvalue weighted by atomic mass is 32.2. The van der Waals surface area contributed by atoms with Crippen LogP contribution in [0.25, 0.3) is 16.3 Å². The molecular weight excluding hydrogens is 484 g/mol. The van der Waals surface area contributed by atoms with Crippen molar-refractivity contribution in [3.8, 4) is 0 Å². The van der Waals surface area contributed by atoms with Crippen LogP contribution in [-0.2, 0) is 21.2 Å². The van der Waals surface area contributed by atoms with Gasteiger partial charge in [0.05, 0.1) is 18.8 Å². The second kappa shape index (κ2) is 11.3. The van der Waals surface area contributed by atoms with Gasteiger partial charge >= 0.3 is 0 Å². The molecule has 0 fully saturated rings. The van der Waals surface area contributed by atoms with E-state index >= 15 is 0 Å². The summed E-state index contributed by atoms with van der Waals surface area (Å²) < 4.78 is 25.3. The predicted molar refractivity (Wildman–Crippen MR) is 148 cm³/mol. The number of hydrogen-bond acceptors (Lipinski definition) is 4. The molecule has 1 amide bonds. The molecule has 4 aromatic rings. The Kier molecular flexibility index (Phi) is 7.96. The van der Waals surface area contributed by atoms with Gasteiger partial charge in [-0.05, 0) is 51.6 Å². The molecule has 4 rings (SSSR count). The van der Waals surface area contributed by atoms with E-state index in [0.717, 1.165) is 28.2 Å². The standard InChI is InChI=1S/C30H28N2O4S/c1-21(24-17-16-23-12-6-7-13-25(23)19-24)26-14-8-9-15-27(26)30(34)32-28(18-22-10-4-3-5-11-22)29(33)20-31-37(2,35)36/h3-17,19,28,31H,1,18,20H2,2H3,(H,32,34)/t28-/m0/s1. The molecule has 7 heteroatoms. The molecule has 0 unspecified atom stereocenters. The monoisotopic (exact) mass is 512 g/mol. The number of fused-ring (bicyclic) bond motifs is 1. The average molecular weight is 513 g/mol. The maximum atomic E-state index is 13.5. The van der Waals surface area contributed by atoms with Crippen molar-refractivity contribution in [3.05, 3.63) is 126 Å². The zero-order valence-corrected chi connectivity index (χ0v) is 21.3. The van der Waals surface area contributed by atoms with Gasteiger partial charge in [0.2, 0.25) is 10.0 Å². The van der Waals surface area contributed by atoms with E-state index in [1.165, 1.54) is 0 Å². The molecule has 0 saturated heterocycles. The molecule has 0 heterocycles. The van der Waals surface area contributed by atoms with E-state index in [4.69, 9.17) is 0 Å². The molecular formula is C30H28N2O4S. The zero-order valence-electron chi connectivity index (χ0n) is 20.5. The number of carbonyl (C=O) groups is 2. The molecule has 2 N–H and O–H groups in total. The molecule has 0 aliphatic heterocycles. The molecule has 0 radical (unpaired) electrons. The van der Waals surface area contributed by atoms with Crippen molar-refractivity contribution in [2.45, 2.75) is 12.5 Å². The minimum atomic E-state index is -3.57. The van der Waals surface area contributed by atoms with Gasteiger partial charge in [0, 0.05) is 5.56 Å². The van der Waals surface area contributed by atoms with E-state index in [9.17, 15) is 18.0 Å². The number of hydrogen-bond donors (Lipinski definition) is 2. The highest BCUT2D eigenvalue weighted by molar-refractivity contribution is 7.88. The highest BCUT2D eigenvalue weighted by Gasteiger charge is 2.24. The fourth-order valence-electron chi connectivity index (χ4n) is 4.13. The minimum Gasteiger partial charge on any atom is -0.342 e. The van der Waals surface area contributed by atoms with Gasteiger partial charge in [0.15, 0.2) is 5.78 Å². The maximum absolute atomic E-state index is 13.5. The normalized spacial score (nSPS) is 12.1. The minimum absolute atomic E-state index is 0.227. The second-order valence-corrected chi connectivity index (χ2v) is 10.7. The van der Waals surface area contributed by atoms with Gasteiger partial charge < -0.3 is 5.32 Å². The first-order valence-corrected chi connectivity index (χ1v) is 13.7. The van der Waals surface area contributed by atoms with Crippen molar-refractivity contribution < 1.29 is 18.0 Å². The van der Waals surface area contributed by atoms with Crippen LogP contribution in [-0.4, -0.2) is 39.0 Å². The third-order valence-corrected chi connectivity index (χ3v) is 6.75. The Morgan fingerprint density at radius 3 is 2.14 bits per heavy atom. The molecule has 4 aromatic carbocycles. The molecule has 0 spiro atoms. The van der Waals surface area contributed by atoms with Crippen molar-refractivity contribution in [1.82, 2.24) is 10.0 Å². The van der Waals surface area contributed by atoms with Gasteiger partial charge in [-0.15, -0.1) is 0 Å². The Labute approximate surface area is 217 Å². The molecule has 1 atom stereocenters. The molecule has 0 bridgehead atoms. The Morgan fingerprint density at radius 1 is 0.811 bits per heavy atom. The number of rotatable bonds is 10. The summed E-state index contributed by atoms with van der Waals surface area (Å²) in [7, 11) is -3.57. The van der Waals surface area contributed by atoms with Gasteiger partial charge in [-0.25, -0.2) is 13.1 Å². The second-order valence-electron chi connectivity index (χ2n) is 8.86. The summed E-state index contributed by atoms with van der Waals surface area (Å²) in [6, 6.07) is 29.5. The third-order valence-electron chi connectivity index (χ3n) is 6.08. The summed E-state index contributed by atoms with van der Waals surface area (Å²) >= 11 is 0. The number of sulfonamides is 1. The first-order valence-electron chi connectivity index (χ1n) is 11.8. The van der Waals surface area contributed by atoms with Gasteiger partial charge in [-0.1, -0.05) is 91.5 Å².